The van der Waals surface area contributed by atoms with Crippen molar-refractivity contribution in [1.82, 2.24) is 0 Å². The van der Waals surface area contributed by atoms with E-state index in [0.717, 1.165) is 79.0 Å². The fourth-order valence-corrected chi connectivity index (χ4v) is 11.8. The van der Waals surface area contributed by atoms with Gasteiger partial charge in [0.1, 0.15) is 11.5 Å². The average molecular weight is 949 g/mol. The van der Waals surface area contributed by atoms with E-state index in [-0.39, 0.29) is 10.4 Å². The van der Waals surface area contributed by atoms with E-state index in [0.29, 0.717) is 13.2 Å². The van der Waals surface area contributed by atoms with Crippen molar-refractivity contribution in [3.63, 3.8) is 0 Å². The van der Waals surface area contributed by atoms with Crippen LogP contribution in [-0.2, 0) is 0 Å². The molecule has 0 saturated heterocycles. The number of rotatable bonds is 28. The van der Waals surface area contributed by atoms with Gasteiger partial charge in [-0.25, -0.2) is 0 Å². The summed E-state index contributed by atoms with van der Waals surface area (Å²) in [7, 11) is 0. The second-order valence-corrected chi connectivity index (χ2v) is 20.8. The molecular formula is C61H72O5S2. The first kappa shape index (κ1) is 51.0. The highest BCUT2D eigenvalue weighted by molar-refractivity contribution is 8.08. The minimum atomic E-state index is -0.750. The molecule has 0 amide bonds. The molecule has 2 unspecified atom stereocenters. The Hall–Kier alpha value is -4.85. The molecule has 0 aliphatic carbocycles. The van der Waals surface area contributed by atoms with E-state index in [1.807, 2.05) is 60.7 Å². The summed E-state index contributed by atoms with van der Waals surface area (Å²) in [6, 6.07) is 32.5. The molecule has 2 heterocycles. The standard InChI is InChI=1S/C61H72O5S2/c1-3-5-7-9-11-13-15-17-19-27-37-65-49-33-35-51-47(41-55(67-57(51)43-49)45-29-23-21-24-30-45)39-53-59(62)54(61(64)60(53)63)40-48-42-56(46-31-25-22-26-32-46)68-58-44-50(34-36-52(48)58)66-38-28-20-18-16-14-12-10-8-6-4-2/h21-26,29-36,39-44,47-48H,3-20,27-28,37-38H2,1-2H3/b53-39-,54-40+. The molecule has 7 heteroatoms. The highest BCUT2D eigenvalue weighted by Crippen LogP contribution is 2.48. The van der Waals surface area contributed by atoms with Crippen LogP contribution in [-0.4, -0.2) is 13.2 Å². The van der Waals surface area contributed by atoms with E-state index in [1.165, 1.54) is 103 Å². The van der Waals surface area contributed by atoms with Gasteiger partial charge in [-0.15, -0.1) is 0 Å². The number of thioether (sulfide) groups is 2. The molecule has 68 heavy (non-hydrogen) atoms. The molecule has 2 aliphatic heterocycles. The average Bonchev–Trinajstić information content (AvgIpc) is 3.56. The van der Waals surface area contributed by atoms with Crippen LogP contribution in [0.5, 0.6) is 11.5 Å². The smallest absolute Gasteiger partial charge is 0.237 e. The van der Waals surface area contributed by atoms with E-state index in [2.05, 4.69) is 62.4 Å². The third-order valence-electron chi connectivity index (χ3n) is 13.3. The predicted molar refractivity (Wildman–Crippen MR) is 289 cm³/mol. The van der Waals surface area contributed by atoms with E-state index in [4.69, 9.17) is 9.47 Å². The summed E-state index contributed by atoms with van der Waals surface area (Å²) in [6.07, 6.45) is 33.1. The van der Waals surface area contributed by atoms with E-state index < -0.39 is 28.1 Å². The Bertz CT molecular complexity index is 2510. The second-order valence-electron chi connectivity index (χ2n) is 18.7. The molecule has 5 aromatic rings. The fourth-order valence-electron chi connectivity index (χ4n) is 9.35. The number of benzene rings is 4. The van der Waals surface area contributed by atoms with Crippen LogP contribution in [0.25, 0.3) is 22.0 Å². The topological polar surface area (TPSA) is 69.7 Å². The normalized spacial score (nSPS) is 16.0. The third-order valence-corrected chi connectivity index (χ3v) is 15.6. The van der Waals surface area contributed by atoms with Crippen LogP contribution in [0.2, 0.25) is 0 Å². The lowest BCUT2D eigenvalue weighted by atomic mass is 9.95. The van der Waals surface area contributed by atoms with Crippen molar-refractivity contribution < 1.29 is 9.47 Å². The lowest BCUT2D eigenvalue weighted by Crippen LogP contribution is -2.37. The number of ether oxygens (including phenoxy) is 2. The molecule has 0 fully saturated rings. The van der Waals surface area contributed by atoms with Crippen molar-refractivity contribution in [2.45, 2.75) is 164 Å². The minimum Gasteiger partial charge on any atom is -0.494 e. The molecule has 0 bridgehead atoms. The lowest BCUT2D eigenvalue weighted by Gasteiger charge is -2.23. The van der Waals surface area contributed by atoms with Gasteiger partial charge in [0.2, 0.25) is 16.3 Å². The Morgan fingerprint density at radius 3 is 1.15 bits per heavy atom. The summed E-state index contributed by atoms with van der Waals surface area (Å²) in [4.78, 5) is 46.3. The zero-order chi connectivity index (χ0) is 47.3. The zero-order valence-corrected chi connectivity index (χ0v) is 42.2. The van der Waals surface area contributed by atoms with Gasteiger partial charge in [0, 0.05) is 31.4 Å². The third kappa shape index (κ3) is 14.6. The number of hydrogen-bond donors (Lipinski definition) is 0. The molecule has 0 N–H and O–H groups in total. The second kappa shape index (κ2) is 27.4. The van der Waals surface area contributed by atoms with E-state index >= 15 is 0 Å². The van der Waals surface area contributed by atoms with E-state index in [1.54, 1.807) is 35.7 Å². The first-order valence-corrected chi connectivity index (χ1v) is 27.6. The van der Waals surface area contributed by atoms with Gasteiger partial charge in [0.05, 0.1) is 23.7 Å². The number of unbranched alkanes of at least 4 members (excludes halogenated alkanes) is 18. The summed E-state index contributed by atoms with van der Waals surface area (Å²) < 4.78 is 12.6. The first-order valence-electron chi connectivity index (χ1n) is 25.9. The first-order chi connectivity index (χ1) is 33.4. The summed E-state index contributed by atoms with van der Waals surface area (Å²) in [5, 5.41) is -0.134. The molecule has 358 valence electrons. The van der Waals surface area contributed by atoms with Crippen LogP contribution in [0.3, 0.4) is 0 Å². The Morgan fingerprint density at radius 2 is 0.779 bits per heavy atom. The monoisotopic (exact) mass is 948 g/mol. The van der Waals surface area contributed by atoms with Crippen molar-refractivity contribution in [3.8, 4) is 11.5 Å². The van der Waals surface area contributed by atoms with Gasteiger partial charge in [0.25, 0.3) is 0 Å². The molecule has 2 atom stereocenters. The fraction of sp³-hybridized carbons (Fsp3) is 0.426. The summed E-state index contributed by atoms with van der Waals surface area (Å²) in [6.45, 7) is 5.85. The predicted octanol–water partition coefficient (Wildman–Crippen LogP) is 14.7. The van der Waals surface area contributed by atoms with Crippen LogP contribution < -0.4 is 36.2 Å². The maximum atomic E-state index is 14.4. The van der Waals surface area contributed by atoms with Gasteiger partial charge < -0.3 is 9.47 Å². The van der Waals surface area contributed by atoms with Crippen molar-refractivity contribution >= 4 is 45.5 Å². The zero-order valence-electron chi connectivity index (χ0n) is 40.6. The molecule has 7 rings (SSSR count). The van der Waals surface area contributed by atoms with Crippen molar-refractivity contribution in [2.75, 3.05) is 13.2 Å². The molecule has 0 aromatic heterocycles. The van der Waals surface area contributed by atoms with Gasteiger partial charge in [-0.3, -0.25) is 14.4 Å². The molecule has 2 aliphatic rings. The SMILES string of the molecule is CCCCCCCCCCCCOc1ccc2c(c1)SC(c1ccccc1)=CC2/C=c1\c(=O)c(=O)/c(=C/C2C=C(c3ccccc3)Sc3cc(OCCCCCCCCCCCC)ccc32)c1=O. The number of hydrogen-bond acceptors (Lipinski definition) is 7. The largest absolute Gasteiger partial charge is 0.494 e. The van der Waals surface area contributed by atoms with Gasteiger partial charge in [0.15, 0.2) is 0 Å². The molecule has 0 radical (unpaired) electrons. The Kier molecular flexibility index (Phi) is 20.5. The van der Waals surface area contributed by atoms with Gasteiger partial charge in [-0.2, -0.15) is 0 Å². The van der Waals surface area contributed by atoms with Crippen molar-refractivity contribution in [3.05, 3.63) is 173 Å². The minimum absolute atomic E-state index is 0.0672. The van der Waals surface area contributed by atoms with Gasteiger partial charge in [-0.1, -0.05) is 250 Å². The Balaban J connectivity index is 1.09. The van der Waals surface area contributed by atoms with E-state index in [9.17, 15) is 14.4 Å². The molecule has 5 nitrogen and oxygen atoms in total. The number of allylic oxidation sites excluding steroid dienone is 2. The summed E-state index contributed by atoms with van der Waals surface area (Å²) >= 11 is 3.32. The van der Waals surface area contributed by atoms with Crippen LogP contribution in [0.15, 0.2) is 133 Å². The molecular weight excluding hydrogens is 877 g/mol. The van der Waals surface area contributed by atoms with Gasteiger partial charge in [-0.05, 0) is 59.4 Å². The summed E-state index contributed by atoms with van der Waals surface area (Å²) in [5.74, 6) is 0.816. The van der Waals surface area contributed by atoms with Crippen LogP contribution >= 0.6 is 23.5 Å². The van der Waals surface area contributed by atoms with Crippen LogP contribution in [0.4, 0.5) is 0 Å². The lowest BCUT2D eigenvalue weighted by molar-refractivity contribution is 0.303. The maximum Gasteiger partial charge on any atom is 0.237 e. The quantitative estimate of drug-likeness (QED) is 0.0365. The van der Waals surface area contributed by atoms with Gasteiger partial charge >= 0.3 is 0 Å². The van der Waals surface area contributed by atoms with Crippen LogP contribution in [0.1, 0.15) is 176 Å². The maximum absolute atomic E-state index is 14.4. The number of fused-ring (bicyclic) bond motifs is 2. The molecule has 5 aromatic carbocycles. The Labute approximate surface area is 414 Å². The molecule has 0 saturated carbocycles. The summed E-state index contributed by atoms with van der Waals surface area (Å²) in [5.41, 5.74) is 2.02. The highest BCUT2D eigenvalue weighted by atomic mass is 32.2. The van der Waals surface area contributed by atoms with Crippen molar-refractivity contribution in [2.24, 2.45) is 0 Å². The van der Waals surface area contributed by atoms with Crippen molar-refractivity contribution in [1.29, 1.82) is 0 Å². The Morgan fingerprint density at radius 1 is 0.426 bits per heavy atom. The highest BCUT2D eigenvalue weighted by Gasteiger charge is 2.25. The van der Waals surface area contributed by atoms with Crippen LogP contribution in [0, 0.1) is 0 Å². The molecule has 0 spiro atoms.